The van der Waals surface area contributed by atoms with Gasteiger partial charge in [-0.25, -0.2) is 4.99 Å². The van der Waals surface area contributed by atoms with Crippen LogP contribution in [-0.4, -0.2) is 64.1 Å². The Bertz CT molecular complexity index is 935. The van der Waals surface area contributed by atoms with Crippen molar-refractivity contribution in [3.8, 4) is 5.75 Å². The van der Waals surface area contributed by atoms with E-state index >= 15 is 0 Å². The number of amides is 2. The molecule has 0 radical (unpaired) electrons. The van der Waals surface area contributed by atoms with Crippen LogP contribution in [0.2, 0.25) is 0 Å². The van der Waals surface area contributed by atoms with E-state index in [0.717, 1.165) is 24.1 Å². The van der Waals surface area contributed by atoms with Crippen LogP contribution in [0, 0.1) is 5.92 Å². The molecule has 1 fully saturated rings. The number of hydrogen-bond acceptors (Lipinski definition) is 7. The maximum atomic E-state index is 12.7. The summed E-state index contributed by atoms with van der Waals surface area (Å²) in [6.07, 6.45) is 6.07. The van der Waals surface area contributed by atoms with Crippen LogP contribution in [0.4, 0.5) is 5.69 Å². The van der Waals surface area contributed by atoms with Gasteiger partial charge >= 0.3 is 0 Å². The number of nitrogens with two attached hydrogens (primary N) is 1. The number of carbonyl (C=O) groups excluding carboxylic acids is 2. The van der Waals surface area contributed by atoms with Gasteiger partial charge in [0.1, 0.15) is 18.5 Å². The standard InChI is InChI=1S/C27H43N5O4/c1-19(33)32(16-20-9-6-5-7-10-20)25(35)11-8-14-36-22-12-13-23-21(15-22)17-31(26(28)29-23)18-24(34)30-27(2,3)4/h12-13,15,19-20,33H,5-11,14,16-18H2,1-4H3,(H2,28,29)(H,30,34). The molecule has 2 amide bonds. The molecule has 9 heteroatoms. The molecule has 1 aromatic carbocycles. The van der Waals surface area contributed by atoms with E-state index < -0.39 is 6.23 Å². The first-order valence-electron chi connectivity index (χ1n) is 13.2. The molecule has 1 aromatic rings. The Morgan fingerprint density at radius 2 is 2.00 bits per heavy atom. The van der Waals surface area contributed by atoms with Gasteiger partial charge in [0.15, 0.2) is 5.96 Å². The van der Waals surface area contributed by atoms with E-state index in [-0.39, 0.29) is 23.9 Å². The van der Waals surface area contributed by atoms with E-state index in [1.165, 1.54) is 19.3 Å². The molecule has 0 saturated heterocycles. The second kappa shape index (κ2) is 12.4. The summed E-state index contributed by atoms with van der Waals surface area (Å²) >= 11 is 0. The summed E-state index contributed by atoms with van der Waals surface area (Å²) in [5.74, 6) is 1.34. The smallest absolute Gasteiger partial charge is 0.240 e. The fraction of sp³-hybridized carbons (Fsp3) is 0.667. The highest BCUT2D eigenvalue weighted by atomic mass is 16.5. The third-order valence-electron chi connectivity index (χ3n) is 6.57. The van der Waals surface area contributed by atoms with E-state index in [1.807, 2.05) is 39.0 Å². The quantitative estimate of drug-likeness (QED) is 0.334. The molecule has 200 valence electrons. The molecule has 1 heterocycles. The lowest BCUT2D eigenvalue weighted by molar-refractivity contribution is -0.141. The van der Waals surface area contributed by atoms with Gasteiger partial charge in [-0.15, -0.1) is 0 Å². The van der Waals surface area contributed by atoms with Crippen LogP contribution in [0.3, 0.4) is 0 Å². The van der Waals surface area contributed by atoms with Gasteiger partial charge in [0.2, 0.25) is 11.8 Å². The highest BCUT2D eigenvalue weighted by Gasteiger charge is 2.24. The van der Waals surface area contributed by atoms with Crippen molar-refractivity contribution in [1.29, 1.82) is 0 Å². The van der Waals surface area contributed by atoms with Gasteiger partial charge in [-0.2, -0.15) is 0 Å². The topological polar surface area (TPSA) is 120 Å². The third-order valence-corrected chi connectivity index (χ3v) is 6.57. The SMILES string of the molecule is CC(O)N(CC1CCCCC1)C(=O)CCCOc1ccc2c(c1)CN(CC(=O)NC(C)(C)C)C(N)=N2. The molecule has 3 rings (SSSR count). The van der Waals surface area contributed by atoms with E-state index in [9.17, 15) is 14.7 Å². The van der Waals surface area contributed by atoms with E-state index in [2.05, 4.69) is 10.3 Å². The first kappa shape index (κ1) is 27.8. The molecule has 1 unspecified atom stereocenters. The van der Waals surface area contributed by atoms with Gasteiger partial charge in [0, 0.05) is 30.6 Å². The number of aliphatic hydroxyl groups is 1. The van der Waals surface area contributed by atoms with Crippen molar-refractivity contribution in [2.24, 2.45) is 16.6 Å². The Morgan fingerprint density at radius 1 is 1.28 bits per heavy atom. The summed E-state index contributed by atoms with van der Waals surface area (Å²) in [5, 5.41) is 13.1. The minimum absolute atomic E-state index is 0.0291. The molecule has 1 atom stereocenters. The molecule has 0 bridgehead atoms. The minimum atomic E-state index is -0.776. The number of fused-ring (bicyclic) bond motifs is 1. The first-order chi connectivity index (χ1) is 17.0. The van der Waals surface area contributed by atoms with E-state index in [1.54, 1.807) is 16.7 Å². The lowest BCUT2D eigenvalue weighted by Crippen LogP contribution is -2.49. The summed E-state index contributed by atoms with van der Waals surface area (Å²) in [6, 6.07) is 5.60. The number of rotatable bonds is 10. The van der Waals surface area contributed by atoms with Gasteiger partial charge in [0.05, 0.1) is 12.3 Å². The Kier molecular flexibility index (Phi) is 9.59. The fourth-order valence-corrected chi connectivity index (χ4v) is 4.80. The number of nitrogens with zero attached hydrogens (tertiary/aromatic N) is 3. The third kappa shape index (κ3) is 8.40. The average Bonchev–Trinajstić information content (AvgIpc) is 2.80. The summed E-state index contributed by atoms with van der Waals surface area (Å²) in [4.78, 5) is 32.9. The molecule has 1 aliphatic heterocycles. The Balaban J connectivity index is 1.49. The summed E-state index contributed by atoms with van der Waals surface area (Å²) in [7, 11) is 0. The van der Waals surface area contributed by atoms with Crippen molar-refractivity contribution >= 4 is 23.5 Å². The number of ether oxygens (including phenoxy) is 1. The van der Waals surface area contributed by atoms with Crippen LogP contribution >= 0.6 is 0 Å². The highest BCUT2D eigenvalue weighted by molar-refractivity contribution is 5.88. The molecule has 9 nitrogen and oxygen atoms in total. The van der Waals surface area contributed by atoms with Crippen LogP contribution in [0.5, 0.6) is 5.75 Å². The van der Waals surface area contributed by atoms with Crippen molar-refractivity contribution in [1.82, 2.24) is 15.1 Å². The molecule has 4 N–H and O–H groups in total. The summed E-state index contributed by atoms with van der Waals surface area (Å²) < 4.78 is 5.91. The van der Waals surface area contributed by atoms with Gasteiger partial charge in [-0.1, -0.05) is 19.3 Å². The van der Waals surface area contributed by atoms with Gasteiger partial charge in [0.25, 0.3) is 0 Å². The van der Waals surface area contributed by atoms with Crippen LogP contribution in [0.25, 0.3) is 0 Å². The molecule has 36 heavy (non-hydrogen) atoms. The van der Waals surface area contributed by atoms with Crippen LogP contribution in [0.1, 0.15) is 78.2 Å². The Labute approximate surface area is 215 Å². The molecule has 2 aliphatic rings. The number of aliphatic hydroxyl groups excluding tert-OH is 1. The number of carbonyl (C=O) groups is 2. The highest BCUT2D eigenvalue weighted by Crippen LogP contribution is 2.29. The fourth-order valence-electron chi connectivity index (χ4n) is 4.80. The predicted molar refractivity (Wildman–Crippen MR) is 141 cm³/mol. The lowest BCUT2D eigenvalue weighted by atomic mass is 9.89. The Hall–Kier alpha value is -2.81. The maximum absolute atomic E-state index is 12.7. The van der Waals surface area contributed by atoms with Crippen LogP contribution in [0.15, 0.2) is 23.2 Å². The lowest BCUT2D eigenvalue weighted by Gasteiger charge is -2.31. The van der Waals surface area contributed by atoms with Gasteiger partial charge in [-0.3, -0.25) is 9.59 Å². The molecular weight excluding hydrogens is 458 g/mol. The van der Waals surface area contributed by atoms with Crippen LogP contribution < -0.4 is 15.8 Å². The number of nitrogens with one attached hydrogen (secondary N) is 1. The second-order valence-electron chi connectivity index (χ2n) is 11.0. The monoisotopic (exact) mass is 501 g/mol. The molecule has 0 aromatic heterocycles. The summed E-state index contributed by atoms with van der Waals surface area (Å²) in [5.41, 5.74) is 7.45. The van der Waals surface area contributed by atoms with Gasteiger partial charge < -0.3 is 30.7 Å². The van der Waals surface area contributed by atoms with Crippen molar-refractivity contribution in [3.63, 3.8) is 0 Å². The molecule has 1 saturated carbocycles. The number of benzene rings is 1. The van der Waals surface area contributed by atoms with Crippen LogP contribution in [-0.2, 0) is 16.1 Å². The largest absolute Gasteiger partial charge is 0.494 e. The minimum Gasteiger partial charge on any atom is -0.494 e. The van der Waals surface area contributed by atoms with Crippen molar-refractivity contribution in [3.05, 3.63) is 23.8 Å². The normalized spacial score (nSPS) is 17.1. The second-order valence-corrected chi connectivity index (χ2v) is 11.0. The zero-order valence-corrected chi connectivity index (χ0v) is 22.3. The zero-order valence-electron chi connectivity index (χ0n) is 22.3. The zero-order chi connectivity index (χ0) is 26.3. The predicted octanol–water partition coefficient (Wildman–Crippen LogP) is 3.27. The molecule has 1 aliphatic carbocycles. The van der Waals surface area contributed by atoms with E-state index in [4.69, 9.17) is 10.5 Å². The average molecular weight is 502 g/mol. The van der Waals surface area contributed by atoms with Crippen molar-refractivity contribution in [2.45, 2.75) is 91.0 Å². The summed E-state index contributed by atoms with van der Waals surface area (Å²) in [6.45, 7) is 9.08. The number of guanidine groups is 1. The molecular formula is C27H43N5O4. The first-order valence-corrected chi connectivity index (χ1v) is 13.2. The molecule has 0 spiro atoms. The van der Waals surface area contributed by atoms with Crippen molar-refractivity contribution in [2.75, 3.05) is 19.7 Å². The number of aliphatic imine (C=N–C) groups is 1. The van der Waals surface area contributed by atoms with E-state index in [0.29, 0.717) is 50.2 Å². The Morgan fingerprint density at radius 3 is 2.67 bits per heavy atom. The maximum Gasteiger partial charge on any atom is 0.240 e. The van der Waals surface area contributed by atoms with Gasteiger partial charge in [-0.05, 0) is 71.1 Å². The number of hydrogen-bond donors (Lipinski definition) is 3. The van der Waals surface area contributed by atoms with Crippen molar-refractivity contribution < 1.29 is 19.4 Å².